The molecule has 2 rings (SSSR count). The molecule has 114 valence electrons. The van der Waals surface area contributed by atoms with Gasteiger partial charge in [-0.25, -0.2) is 4.39 Å². The van der Waals surface area contributed by atoms with Gasteiger partial charge < -0.3 is 0 Å². The Morgan fingerprint density at radius 3 is 2.19 bits per heavy atom. The van der Waals surface area contributed by atoms with Crippen molar-refractivity contribution in [1.82, 2.24) is 0 Å². The number of hydrogen-bond acceptors (Lipinski definition) is 0. The Bertz CT molecular complexity index is 502. The van der Waals surface area contributed by atoms with Crippen molar-refractivity contribution in [3.8, 4) is 0 Å². The second-order valence-electron chi connectivity index (χ2n) is 5.63. The first-order valence-electron chi connectivity index (χ1n) is 7.59. The monoisotopic (exact) mass is 294 g/mol. The standard InChI is InChI=1S/C18H21F3/c1-2-3-4-13-5-7-14(8-6-13)15-9-11-16(12-10-15)17(19)18(20)21/h3-8,15-16H,2,9-12H2,1H3/b4-3+. The molecule has 0 bridgehead atoms. The lowest BCUT2D eigenvalue weighted by Gasteiger charge is -2.27. The second kappa shape index (κ2) is 7.48. The van der Waals surface area contributed by atoms with Crippen LogP contribution in [0.3, 0.4) is 0 Å². The molecule has 1 aliphatic rings. The van der Waals surface area contributed by atoms with Gasteiger partial charge in [-0.15, -0.1) is 0 Å². The molecule has 1 saturated carbocycles. The highest BCUT2D eigenvalue weighted by molar-refractivity contribution is 5.49. The minimum Gasteiger partial charge on any atom is -0.206 e. The lowest BCUT2D eigenvalue weighted by molar-refractivity contribution is 0.281. The van der Waals surface area contributed by atoms with Crippen molar-refractivity contribution in [3.63, 3.8) is 0 Å². The summed E-state index contributed by atoms with van der Waals surface area (Å²) < 4.78 is 37.8. The van der Waals surface area contributed by atoms with E-state index in [4.69, 9.17) is 0 Å². The number of hydrogen-bond donors (Lipinski definition) is 0. The minimum absolute atomic E-state index is 0.362. The SMILES string of the molecule is CC/C=C/c1ccc(C2CCC(C(F)=C(F)F)CC2)cc1. The summed E-state index contributed by atoms with van der Waals surface area (Å²) in [4.78, 5) is 0. The van der Waals surface area contributed by atoms with Gasteiger partial charge in [0.2, 0.25) is 0 Å². The molecule has 0 spiro atoms. The maximum Gasteiger partial charge on any atom is 0.301 e. The largest absolute Gasteiger partial charge is 0.301 e. The third-order valence-corrected chi connectivity index (χ3v) is 4.22. The smallest absolute Gasteiger partial charge is 0.206 e. The molecule has 0 unspecified atom stereocenters. The van der Waals surface area contributed by atoms with E-state index in [2.05, 4.69) is 43.3 Å². The molecule has 0 aliphatic heterocycles. The Hall–Kier alpha value is -1.51. The van der Waals surface area contributed by atoms with Gasteiger partial charge in [0.05, 0.1) is 0 Å². The van der Waals surface area contributed by atoms with Gasteiger partial charge in [-0.3, -0.25) is 0 Å². The van der Waals surface area contributed by atoms with E-state index in [0.717, 1.165) is 19.3 Å². The van der Waals surface area contributed by atoms with Gasteiger partial charge in [-0.1, -0.05) is 43.3 Å². The maximum absolute atomic E-state index is 13.2. The summed E-state index contributed by atoms with van der Waals surface area (Å²) in [5.41, 5.74) is 2.40. The Kier molecular flexibility index (Phi) is 5.66. The molecule has 0 radical (unpaired) electrons. The molecule has 1 fully saturated rings. The lowest BCUT2D eigenvalue weighted by Crippen LogP contribution is -2.14. The fourth-order valence-electron chi connectivity index (χ4n) is 2.97. The summed E-state index contributed by atoms with van der Waals surface area (Å²) in [6.07, 6.45) is 5.62. The lowest BCUT2D eigenvalue weighted by atomic mass is 9.78. The van der Waals surface area contributed by atoms with Crippen molar-refractivity contribution in [2.75, 3.05) is 0 Å². The third kappa shape index (κ3) is 4.23. The van der Waals surface area contributed by atoms with Gasteiger partial charge in [0.15, 0.2) is 5.83 Å². The van der Waals surface area contributed by atoms with Crippen molar-refractivity contribution in [3.05, 3.63) is 53.4 Å². The zero-order chi connectivity index (χ0) is 15.2. The first-order valence-corrected chi connectivity index (χ1v) is 7.59. The second-order valence-corrected chi connectivity index (χ2v) is 5.63. The molecule has 1 aromatic carbocycles. The van der Waals surface area contributed by atoms with Gasteiger partial charge in [0.1, 0.15) is 0 Å². The van der Waals surface area contributed by atoms with E-state index in [9.17, 15) is 13.2 Å². The number of benzene rings is 1. The van der Waals surface area contributed by atoms with E-state index >= 15 is 0 Å². The highest BCUT2D eigenvalue weighted by atomic mass is 19.3. The highest BCUT2D eigenvalue weighted by Gasteiger charge is 2.27. The van der Waals surface area contributed by atoms with Gasteiger partial charge >= 0.3 is 6.08 Å². The predicted octanol–water partition coefficient (Wildman–Crippen LogP) is 6.46. The summed E-state index contributed by atoms with van der Waals surface area (Å²) in [7, 11) is 0. The minimum atomic E-state index is -2.15. The summed E-state index contributed by atoms with van der Waals surface area (Å²) in [6.45, 7) is 2.09. The molecule has 0 saturated heterocycles. The molecule has 0 heterocycles. The topological polar surface area (TPSA) is 0 Å². The van der Waals surface area contributed by atoms with Gasteiger partial charge in [-0.2, -0.15) is 8.78 Å². The molecule has 1 aliphatic carbocycles. The van der Waals surface area contributed by atoms with Crippen LogP contribution in [0, 0.1) is 5.92 Å². The van der Waals surface area contributed by atoms with Crippen molar-refractivity contribution < 1.29 is 13.2 Å². The Balaban J connectivity index is 1.96. The van der Waals surface area contributed by atoms with Crippen LogP contribution in [-0.2, 0) is 0 Å². The molecule has 0 atom stereocenters. The number of rotatable bonds is 4. The molecular weight excluding hydrogens is 273 g/mol. The van der Waals surface area contributed by atoms with E-state index in [1.165, 1.54) is 11.1 Å². The fourth-order valence-corrected chi connectivity index (χ4v) is 2.97. The normalized spacial score (nSPS) is 22.5. The Labute approximate surface area is 124 Å². The molecule has 0 nitrogen and oxygen atoms in total. The molecule has 3 heteroatoms. The van der Waals surface area contributed by atoms with Crippen LogP contribution in [-0.4, -0.2) is 0 Å². The van der Waals surface area contributed by atoms with Gasteiger partial charge in [0, 0.05) is 5.92 Å². The van der Waals surface area contributed by atoms with Crippen LogP contribution in [0.5, 0.6) is 0 Å². The van der Waals surface area contributed by atoms with E-state index in [0.29, 0.717) is 18.8 Å². The quantitative estimate of drug-likeness (QED) is 0.597. The fraction of sp³-hybridized carbons (Fsp3) is 0.444. The van der Waals surface area contributed by atoms with Crippen LogP contribution >= 0.6 is 0 Å². The first-order chi connectivity index (χ1) is 10.1. The van der Waals surface area contributed by atoms with E-state index in [-0.39, 0.29) is 0 Å². The zero-order valence-electron chi connectivity index (χ0n) is 12.3. The van der Waals surface area contributed by atoms with Crippen LogP contribution in [0.4, 0.5) is 13.2 Å². The third-order valence-electron chi connectivity index (χ3n) is 4.22. The van der Waals surface area contributed by atoms with Gasteiger partial charge in [-0.05, 0) is 49.1 Å². The van der Waals surface area contributed by atoms with Crippen LogP contribution in [0.25, 0.3) is 6.08 Å². The Morgan fingerprint density at radius 1 is 1.05 bits per heavy atom. The molecule has 1 aromatic rings. The maximum atomic E-state index is 13.2. The van der Waals surface area contributed by atoms with Crippen LogP contribution < -0.4 is 0 Å². The van der Waals surface area contributed by atoms with Crippen LogP contribution in [0.15, 0.2) is 42.2 Å². The molecule has 0 aromatic heterocycles. The summed E-state index contributed by atoms with van der Waals surface area (Å²) in [6, 6.07) is 8.36. The van der Waals surface area contributed by atoms with Crippen LogP contribution in [0.1, 0.15) is 56.1 Å². The predicted molar refractivity (Wildman–Crippen MR) is 80.8 cm³/mol. The highest BCUT2D eigenvalue weighted by Crippen LogP contribution is 2.40. The Morgan fingerprint density at radius 2 is 1.67 bits per heavy atom. The van der Waals surface area contributed by atoms with Crippen LogP contribution in [0.2, 0.25) is 0 Å². The number of allylic oxidation sites excluding steroid dienone is 2. The zero-order valence-corrected chi connectivity index (χ0v) is 12.3. The first kappa shape index (κ1) is 15.9. The molecular formula is C18H21F3. The summed E-state index contributed by atoms with van der Waals surface area (Å²) in [5, 5.41) is 0. The van der Waals surface area contributed by atoms with Crippen molar-refractivity contribution in [2.45, 2.75) is 44.9 Å². The van der Waals surface area contributed by atoms with Crippen molar-refractivity contribution in [1.29, 1.82) is 0 Å². The molecule has 0 N–H and O–H groups in total. The van der Waals surface area contributed by atoms with E-state index in [1.807, 2.05) is 0 Å². The summed E-state index contributed by atoms with van der Waals surface area (Å²) in [5.74, 6) is -1.42. The van der Waals surface area contributed by atoms with Crippen molar-refractivity contribution >= 4 is 6.08 Å². The van der Waals surface area contributed by atoms with Crippen molar-refractivity contribution in [2.24, 2.45) is 5.92 Å². The molecule has 0 amide bonds. The van der Waals surface area contributed by atoms with E-state index in [1.54, 1.807) is 0 Å². The molecule has 21 heavy (non-hydrogen) atoms. The summed E-state index contributed by atoms with van der Waals surface area (Å²) >= 11 is 0. The van der Waals surface area contributed by atoms with E-state index < -0.39 is 17.8 Å². The number of halogens is 3. The average molecular weight is 294 g/mol. The average Bonchev–Trinajstić information content (AvgIpc) is 2.53. The van der Waals surface area contributed by atoms with Gasteiger partial charge in [0.25, 0.3) is 0 Å².